The minimum absolute atomic E-state index is 0.122. The molecule has 0 bridgehead atoms. The molecule has 0 amide bonds. The number of nitrogens with one attached hydrogen (secondary N) is 1. The van der Waals surface area contributed by atoms with Crippen LogP contribution in [0.25, 0.3) is 0 Å². The first kappa shape index (κ1) is 20.4. The van der Waals surface area contributed by atoms with Gasteiger partial charge in [-0.15, -0.1) is 0 Å². The smallest absolute Gasteiger partial charge is 0.194 e. The van der Waals surface area contributed by atoms with Crippen LogP contribution in [0.3, 0.4) is 0 Å². The molecule has 1 saturated heterocycles. The van der Waals surface area contributed by atoms with Crippen molar-refractivity contribution in [2.24, 2.45) is 10.4 Å². The van der Waals surface area contributed by atoms with Crippen LogP contribution >= 0.6 is 0 Å². The van der Waals surface area contributed by atoms with Crippen molar-refractivity contribution >= 4 is 5.96 Å². The predicted molar refractivity (Wildman–Crippen MR) is 113 cm³/mol. The zero-order valence-corrected chi connectivity index (χ0v) is 17.4. The van der Waals surface area contributed by atoms with Crippen molar-refractivity contribution in [3.63, 3.8) is 0 Å². The molecule has 152 valence electrons. The number of benzene rings is 1. The van der Waals surface area contributed by atoms with E-state index in [4.69, 9.17) is 9.52 Å². The normalized spacial score (nSPS) is 16.4. The Morgan fingerprint density at radius 2 is 1.89 bits per heavy atom. The van der Waals surface area contributed by atoms with Gasteiger partial charge < -0.3 is 14.7 Å². The second-order valence-electron chi connectivity index (χ2n) is 8.25. The second-order valence-corrected chi connectivity index (χ2v) is 8.25. The van der Waals surface area contributed by atoms with E-state index in [-0.39, 0.29) is 5.41 Å². The number of aromatic nitrogens is 1. The highest BCUT2D eigenvalue weighted by atomic mass is 16.5. The summed E-state index contributed by atoms with van der Waals surface area (Å²) in [6.07, 6.45) is 2.67. The van der Waals surface area contributed by atoms with Crippen molar-refractivity contribution in [3.8, 4) is 0 Å². The van der Waals surface area contributed by atoms with E-state index in [0.29, 0.717) is 0 Å². The highest BCUT2D eigenvalue weighted by molar-refractivity contribution is 5.80. The van der Waals surface area contributed by atoms with E-state index in [1.54, 1.807) is 6.26 Å². The number of nitrogens with zero attached hydrogens (tertiary/aromatic N) is 4. The Morgan fingerprint density at radius 1 is 1.14 bits per heavy atom. The van der Waals surface area contributed by atoms with Crippen LogP contribution in [-0.2, 0) is 13.0 Å². The monoisotopic (exact) mass is 383 g/mol. The second kappa shape index (κ2) is 9.73. The fourth-order valence-electron chi connectivity index (χ4n) is 3.59. The third kappa shape index (κ3) is 6.09. The molecule has 1 aliphatic heterocycles. The average molecular weight is 384 g/mol. The molecule has 1 aliphatic rings. The van der Waals surface area contributed by atoms with Gasteiger partial charge in [-0.3, -0.25) is 9.89 Å². The van der Waals surface area contributed by atoms with Crippen LogP contribution in [0.15, 0.2) is 52.2 Å². The van der Waals surface area contributed by atoms with E-state index in [1.807, 2.05) is 6.07 Å². The molecule has 1 N–H and O–H groups in total. The van der Waals surface area contributed by atoms with Crippen molar-refractivity contribution in [3.05, 3.63) is 53.9 Å². The molecule has 0 aliphatic carbocycles. The lowest BCUT2D eigenvalue weighted by atomic mass is 9.86. The Labute approximate surface area is 168 Å². The van der Waals surface area contributed by atoms with Gasteiger partial charge in [-0.2, -0.15) is 0 Å². The van der Waals surface area contributed by atoms with Crippen LogP contribution < -0.4 is 5.32 Å². The zero-order chi connectivity index (χ0) is 19.8. The summed E-state index contributed by atoms with van der Waals surface area (Å²) in [5, 5.41) is 7.50. The van der Waals surface area contributed by atoms with Crippen LogP contribution in [0.1, 0.15) is 32.0 Å². The Hall–Kier alpha value is -2.34. The maximum atomic E-state index is 4.99. The van der Waals surface area contributed by atoms with Crippen LogP contribution in [0.5, 0.6) is 0 Å². The SMILES string of the molecule is CCNC(=NCC(C)(C)Cc1ccccc1)N1CCN(Cc2ccon2)CC1. The zero-order valence-electron chi connectivity index (χ0n) is 17.4. The Morgan fingerprint density at radius 3 is 2.54 bits per heavy atom. The molecule has 3 rings (SSSR count). The predicted octanol–water partition coefficient (Wildman–Crippen LogP) is 3.03. The molecule has 0 unspecified atom stereocenters. The average Bonchev–Trinajstić information content (AvgIpc) is 3.19. The van der Waals surface area contributed by atoms with Crippen molar-refractivity contribution in [2.45, 2.75) is 33.7 Å². The molecular formula is C22H33N5O. The quantitative estimate of drug-likeness (QED) is 0.588. The summed E-state index contributed by atoms with van der Waals surface area (Å²) in [7, 11) is 0. The molecule has 0 spiro atoms. The van der Waals surface area contributed by atoms with E-state index in [9.17, 15) is 0 Å². The molecule has 1 aromatic heterocycles. The van der Waals surface area contributed by atoms with Crippen molar-refractivity contribution < 1.29 is 4.52 Å². The van der Waals surface area contributed by atoms with Gasteiger partial charge in [0, 0.05) is 51.9 Å². The van der Waals surface area contributed by atoms with Gasteiger partial charge in [-0.1, -0.05) is 49.3 Å². The van der Waals surface area contributed by atoms with Crippen molar-refractivity contribution in [1.82, 2.24) is 20.3 Å². The lowest BCUT2D eigenvalue weighted by Gasteiger charge is -2.36. The molecule has 0 saturated carbocycles. The fourth-order valence-corrected chi connectivity index (χ4v) is 3.59. The Kier molecular flexibility index (Phi) is 7.09. The maximum Gasteiger partial charge on any atom is 0.194 e. The summed E-state index contributed by atoms with van der Waals surface area (Å²) in [4.78, 5) is 9.78. The fraction of sp³-hybridized carbons (Fsp3) is 0.545. The number of aliphatic imine (C=N–C) groups is 1. The van der Waals surface area contributed by atoms with Gasteiger partial charge in [-0.05, 0) is 24.3 Å². The number of rotatable bonds is 7. The van der Waals surface area contributed by atoms with Crippen LogP contribution in [0.4, 0.5) is 0 Å². The minimum Gasteiger partial charge on any atom is -0.364 e. The third-order valence-electron chi connectivity index (χ3n) is 5.07. The molecule has 2 heterocycles. The van der Waals surface area contributed by atoms with Gasteiger partial charge in [0.1, 0.15) is 6.26 Å². The summed E-state index contributed by atoms with van der Waals surface area (Å²) < 4.78 is 4.94. The molecule has 1 aromatic carbocycles. The number of piperazine rings is 1. The van der Waals surface area contributed by atoms with E-state index in [2.05, 4.69) is 71.4 Å². The van der Waals surface area contributed by atoms with Crippen LogP contribution in [0, 0.1) is 5.41 Å². The first-order valence-electron chi connectivity index (χ1n) is 10.2. The lowest BCUT2D eigenvalue weighted by molar-refractivity contribution is 0.168. The molecule has 1 fully saturated rings. The first-order chi connectivity index (χ1) is 13.6. The molecule has 6 heteroatoms. The molecular weight excluding hydrogens is 350 g/mol. The number of guanidine groups is 1. The van der Waals surface area contributed by atoms with Gasteiger partial charge >= 0.3 is 0 Å². The van der Waals surface area contributed by atoms with Crippen LogP contribution in [-0.4, -0.2) is 60.2 Å². The van der Waals surface area contributed by atoms with E-state index < -0.39 is 0 Å². The molecule has 28 heavy (non-hydrogen) atoms. The van der Waals surface area contributed by atoms with Gasteiger partial charge in [0.2, 0.25) is 0 Å². The summed E-state index contributed by atoms with van der Waals surface area (Å²) in [5.74, 6) is 1.03. The summed E-state index contributed by atoms with van der Waals surface area (Å²) in [6, 6.07) is 12.6. The molecule has 0 atom stereocenters. The molecule has 6 nitrogen and oxygen atoms in total. The standard InChI is InChI=1S/C22H33N5O/c1-4-23-21(24-18-22(2,3)16-19-8-6-5-7-9-19)27-13-11-26(12-14-27)17-20-10-15-28-25-20/h5-10,15H,4,11-14,16-18H2,1-3H3,(H,23,24). The Bertz CT molecular complexity index is 719. The summed E-state index contributed by atoms with van der Waals surface area (Å²) in [6.45, 7) is 13.2. The summed E-state index contributed by atoms with van der Waals surface area (Å²) >= 11 is 0. The third-order valence-corrected chi connectivity index (χ3v) is 5.07. The van der Waals surface area contributed by atoms with Gasteiger partial charge in [-0.25, -0.2) is 0 Å². The number of hydrogen-bond donors (Lipinski definition) is 1. The summed E-state index contributed by atoms with van der Waals surface area (Å²) in [5.41, 5.74) is 2.49. The van der Waals surface area contributed by atoms with Crippen molar-refractivity contribution in [1.29, 1.82) is 0 Å². The largest absolute Gasteiger partial charge is 0.364 e. The molecule has 0 radical (unpaired) electrons. The lowest BCUT2D eigenvalue weighted by Crippen LogP contribution is -2.52. The van der Waals surface area contributed by atoms with E-state index in [0.717, 1.165) is 63.9 Å². The van der Waals surface area contributed by atoms with Crippen molar-refractivity contribution in [2.75, 3.05) is 39.3 Å². The topological polar surface area (TPSA) is 56.9 Å². The van der Waals surface area contributed by atoms with Gasteiger partial charge in [0.25, 0.3) is 0 Å². The highest BCUT2D eigenvalue weighted by Crippen LogP contribution is 2.22. The highest BCUT2D eigenvalue weighted by Gasteiger charge is 2.22. The Balaban J connectivity index is 1.55. The maximum absolute atomic E-state index is 4.99. The van der Waals surface area contributed by atoms with Gasteiger partial charge in [0.05, 0.1) is 5.69 Å². The van der Waals surface area contributed by atoms with Crippen LogP contribution in [0.2, 0.25) is 0 Å². The van der Waals surface area contributed by atoms with E-state index in [1.165, 1.54) is 5.56 Å². The minimum atomic E-state index is 0.122. The molecule has 2 aromatic rings. The van der Waals surface area contributed by atoms with Gasteiger partial charge in [0.15, 0.2) is 5.96 Å². The first-order valence-corrected chi connectivity index (χ1v) is 10.2. The number of hydrogen-bond acceptors (Lipinski definition) is 4. The van der Waals surface area contributed by atoms with E-state index >= 15 is 0 Å².